The average Bonchev–Trinajstić information content (AvgIpc) is 2.63. The first-order valence-corrected chi connectivity index (χ1v) is 7.92. The second-order valence-corrected chi connectivity index (χ2v) is 4.98. The maximum absolute atomic E-state index is 13.4. The van der Waals surface area contributed by atoms with Crippen LogP contribution in [-0.4, -0.2) is 24.0 Å². The monoisotopic (exact) mass is 635 g/mol. The maximum Gasteiger partial charge on any atom is 2.00 e. The first-order valence-electron chi connectivity index (χ1n) is 7.92. The van der Waals surface area contributed by atoms with Gasteiger partial charge < -0.3 is 13.2 Å². The van der Waals surface area contributed by atoms with E-state index in [1.807, 2.05) is 31.2 Å². The number of nitro groups is 1. The van der Waals surface area contributed by atoms with Gasteiger partial charge in [-0.15, -0.1) is 0 Å². The van der Waals surface area contributed by atoms with E-state index in [1.165, 1.54) is 18.7 Å². The minimum Gasteiger partial charge on any atom is -0.385 e. The van der Waals surface area contributed by atoms with E-state index in [9.17, 15) is 27.7 Å². The molecule has 0 aliphatic heterocycles. The fraction of sp³-hybridized carbons (Fsp3) is 0.211. The summed E-state index contributed by atoms with van der Waals surface area (Å²) in [7, 11) is 1.53. The summed E-state index contributed by atoms with van der Waals surface area (Å²) in [5.41, 5.74) is 1.16. The summed E-state index contributed by atoms with van der Waals surface area (Å²) in [5.74, 6) is -0.541. The number of benzene rings is 2. The second kappa shape index (κ2) is 16.9. The van der Waals surface area contributed by atoms with Crippen molar-refractivity contribution < 1.29 is 53.6 Å². The van der Waals surface area contributed by atoms with Gasteiger partial charge in [0.05, 0.1) is 4.92 Å². The molecule has 0 fully saturated rings. The Bertz CT molecular complexity index is 786. The summed E-state index contributed by atoms with van der Waals surface area (Å²) in [4.78, 5) is 17.6. The van der Waals surface area contributed by atoms with Crippen molar-refractivity contribution in [1.82, 2.24) is 0 Å². The standard InChI is InChI=1S/C11H12FN3O2.C7H7.CF3.U/c1-3-6-14-11(13-2)8-4-5-10(15(16)17)9(12)7-8;1-7-5-3-2-4-6-7;2-1(3)4;/h4-7H,3H2,1-2H3;3-6H,1H3;;/q;2*-1;+2. The predicted molar refractivity (Wildman–Crippen MR) is 101 cm³/mol. The van der Waals surface area contributed by atoms with Crippen molar-refractivity contribution in [1.29, 1.82) is 0 Å². The van der Waals surface area contributed by atoms with Gasteiger partial charge >= 0.3 is 36.8 Å². The van der Waals surface area contributed by atoms with Crippen LogP contribution in [0, 0.1) is 66.7 Å². The molecule has 2 aromatic rings. The molecular weight excluding hydrogens is 616 g/mol. The van der Waals surface area contributed by atoms with Gasteiger partial charge in [-0.2, -0.15) is 40.3 Å². The van der Waals surface area contributed by atoms with Gasteiger partial charge in [0.2, 0.25) is 5.82 Å². The second-order valence-electron chi connectivity index (χ2n) is 4.98. The van der Waals surface area contributed by atoms with E-state index in [1.54, 1.807) is 6.21 Å². The van der Waals surface area contributed by atoms with Crippen LogP contribution < -0.4 is 0 Å². The number of nitrogens with zero attached hydrogens (tertiary/aromatic N) is 3. The Morgan fingerprint density at radius 3 is 2.14 bits per heavy atom. The molecule has 0 heterocycles. The number of hydrogen-bond donors (Lipinski definition) is 0. The zero-order valence-electron chi connectivity index (χ0n) is 16.0. The van der Waals surface area contributed by atoms with Gasteiger partial charge in [0, 0.05) is 24.9 Å². The van der Waals surface area contributed by atoms with Crippen LogP contribution in [0.1, 0.15) is 24.5 Å². The molecule has 0 saturated heterocycles. The van der Waals surface area contributed by atoms with Crippen molar-refractivity contribution in [2.45, 2.75) is 20.3 Å². The Morgan fingerprint density at radius 1 is 1.24 bits per heavy atom. The smallest absolute Gasteiger partial charge is 0.385 e. The summed E-state index contributed by atoms with van der Waals surface area (Å²) >= 11 is 0. The van der Waals surface area contributed by atoms with Crippen LogP contribution in [0.3, 0.4) is 0 Å². The average molecular weight is 635 g/mol. The SMILES string of the molecule is CCC=NC(=NC)c1ccc([N+](=O)[O-])c(F)c1.Cc1cc[c-]cc1.F[C-](F)F.[U+2]. The summed E-state index contributed by atoms with van der Waals surface area (Å²) in [6, 6.07) is 14.4. The molecule has 29 heavy (non-hydrogen) atoms. The molecule has 0 radical (unpaired) electrons. The van der Waals surface area contributed by atoms with Crippen LogP contribution in [0.5, 0.6) is 0 Å². The van der Waals surface area contributed by atoms with Crippen LogP contribution in [-0.2, 0) is 0 Å². The third-order valence-corrected chi connectivity index (χ3v) is 2.90. The molecule has 0 atom stereocenters. The van der Waals surface area contributed by atoms with Crippen molar-refractivity contribution in [3.8, 4) is 0 Å². The van der Waals surface area contributed by atoms with E-state index in [0.29, 0.717) is 11.4 Å². The Hall–Kier alpha value is -2.05. The van der Waals surface area contributed by atoms with Crippen LogP contribution in [0.25, 0.3) is 0 Å². The molecule has 0 spiro atoms. The summed E-state index contributed by atoms with van der Waals surface area (Å²) in [6.07, 6.45) is 2.37. The Labute approximate surface area is 190 Å². The van der Waals surface area contributed by atoms with Crippen molar-refractivity contribution in [2.24, 2.45) is 9.98 Å². The van der Waals surface area contributed by atoms with Gasteiger partial charge in [-0.05, 0) is 18.6 Å². The zero-order chi connectivity index (χ0) is 21.5. The molecule has 0 amide bonds. The molecule has 154 valence electrons. The molecule has 0 aliphatic carbocycles. The van der Waals surface area contributed by atoms with Crippen molar-refractivity contribution in [3.63, 3.8) is 0 Å². The van der Waals surface area contributed by atoms with E-state index in [2.05, 4.69) is 23.0 Å². The van der Waals surface area contributed by atoms with Crippen LogP contribution in [0.4, 0.5) is 23.2 Å². The van der Waals surface area contributed by atoms with Gasteiger partial charge in [0.25, 0.3) is 0 Å². The van der Waals surface area contributed by atoms with Crippen molar-refractivity contribution in [3.05, 3.63) is 82.3 Å². The van der Waals surface area contributed by atoms with E-state index >= 15 is 0 Å². The van der Waals surface area contributed by atoms with E-state index < -0.39 is 23.1 Å². The number of aliphatic imine (C=N–C) groups is 2. The van der Waals surface area contributed by atoms with Gasteiger partial charge in [0.1, 0.15) is 0 Å². The molecular formula is C19H19F4N3O2U. The normalized spacial score (nSPS) is 10.4. The fourth-order valence-electron chi connectivity index (χ4n) is 1.70. The molecule has 5 nitrogen and oxygen atoms in total. The third-order valence-electron chi connectivity index (χ3n) is 2.90. The van der Waals surface area contributed by atoms with Crippen LogP contribution >= 0.6 is 0 Å². The molecule has 0 N–H and O–H groups in total. The van der Waals surface area contributed by atoms with Crippen LogP contribution in [0.2, 0.25) is 0 Å². The minimum atomic E-state index is -3.08. The summed E-state index contributed by atoms with van der Waals surface area (Å²) < 4.78 is 42.1. The van der Waals surface area contributed by atoms with Gasteiger partial charge in [0.15, 0.2) is 12.5 Å². The number of hydrogen-bond acceptors (Lipinski definition) is 3. The quantitative estimate of drug-likeness (QED) is 0.108. The topological polar surface area (TPSA) is 67.9 Å². The molecule has 0 bridgehead atoms. The van der Waals surface area contributed by atoms with Crippen molar-refractivity contribution >= 4 is 17.7 Å². The Kier molecular flexibility index (Phi) is 17.0. The molecule has 0 aromatic heterocycles. The van der Waals surface area contributed by atoms with E-state index in [0.717, 1.165) is 18.6 Å². The number of rotatable bonds is 3. The summed E-state index contributed by atoms with van der Waals surface area (Å²) in [5, 5.41) is 10.5. The molecule has 2 aromatic carbocycles. The van der Waals surface area contributed by atoms with Crippen molar-refractivity contribution in [2.75, 3.05) is 7.05 Å². The van der Waals surface area contributed by atoms with Gasteiger partial charge in [-0.25, -0.2) is 4.99 Å². The zero-order valence-corrected chi connectivity index (χ0v) is 20.2. The third kappa shape index (κ3) is 13.7. The largest absolute Gasteiger partial charge is 2.00 e. The predicted octanol–water partition coefficient (Wildman–Crippen LogP) is 5.73. The van der Waals surface area contributed by atoms with Gasteiger partial charge in [-0.1, -0.05) is 13.8 Å². The molecule has 0 unspecified atom stereocenters. The molecule has 2 rings (SSSR count). The van der Waals surface area contributed by atoms with E-state index in [-0.39, 0.29) is 31.1 Å². The number of nitro benzene ring substituents is 1. The molecule has 0 saturated carbocycles. The maximum atomic E-state index is 13.4. The number of amidine groups is 1. The first kappa shape index (κ1) is 29.2. The van der Waals surface area contributed by atoms with E-state index in [4.69, 9.17) is 0 Å². The fourth-order valence-corrected chi connectivity index (χ4v) is 1.70. The molecule has 0 aliphatic rings. The molecule has 10 heteroatoms. The first-order chi connectivity index (χ1) is 13.2. The minimum absolute atomic E-state index is 0. The van der Waals surface area contributed by atoms with Gasteiger partial charge in [-0.3, -0.25) is 15.1 Å². The number of aryl methyl sites for hydroxylation is 1. The van der Waals surface area contributed by atoms with Crippen LogP contribution in [0.15, 0.2) is 52.4 Å². The number of halogens is 4. The summed E-state index contributed by atoms with van der Waals surface area (Å²) in [6.45, 7) is 0.890. The Balaban J connectivity index is 0. The Morgan fingerprint density at radius 2 is 1.79 bits per heavy atom.